The first-order valence-corrected chi connectivity index (χ1v) is 7.96. The van der Waals surface area contributed by atoms with Crippen molar-refractivity contribution < 1.29 is 14.1 Å². The molecule has 1 amide bonds. The summed E-state index contributed by atoms with van der Waals surface area (Å²) in [4.78, 5) is 26.7. The van der Waals surface area contributed by atoms with Gasteiger partial charge in [0.25, 0.3) is 11.6 Å². The van der Waals surface area contributed by atoms with Gasteiger partial charge in [-0.05, 0) is 18.7 Å². The van der Waals surface area contributed by atoms with Crippen LogP contribution in [0, 0.1) is 15.9 Å². The second-order valence-corrected chi connectivity index (χ2v) is 6.11. The molecule has 0 radical (unpaired) electrons. The number of hydrogen-bond acceptors (Lipinski definition) is 4. The van der Waals surface area contributed by atoms with E-state index >= 15 is 0 Å². The molecule has 7 heteroatoms. The van der Waals surface area contributed by atoms with Gasteiger partial charge in [0.05, 0.1) is 22.6 Å². The maximum atomic E-state index is 14.3. The molecule has 0 aromatic heterocycles. The van der Waals surface area contributed by atoms with Gasteiger partial charge in [-0.15, -0.1) is 0 Å². The van der Waals surface area contributed by atoms with Crippen LogP contribution >= 0.6 is 0 Å². The van der Waals surface area contributed by atoms with E-state index in [1.807, 2.05) is 37.4 Å². The fourth-order valence-corrected chi connectivity index (χ4v) is 3.07. The highest BCUT2D eigenvalue weighted by Gasteiger charge is 2.32. The fraction of sp³-hybridized carbons (Fsp3) is 0.278. The number of likely N-dealkylation sites (N-methyl/N-ethyl adjacent to an activating group) is 1. The van der Waals surface area contributed by atoms with Crippen molar-refractivity contribution in [2.45, 2.75) is 6.04 Å². The van der Waals surface area contributed by atoms with Crippen molar-refractivity contribution in [3.05, 3.63) is 75.6 Å². The van der Waals surface area contributed by atoms with E-state index in [-0.39, 0.29) is 17.3 Å². The summed E-state index contributed by atoms with van der Waals surface area (Å²) in [6.07, 6.45) is 0. The number of nitro benzene ring substituents is 1. The van der Waals surface area contributed by atoms with Crippen molar-refractivity contribution in [3.63, 3.8) is 0 Å². The predicted molar refractivity (Wildman–Crippen MR) is 90.8 cm³/mol. The molecule has 6 nitrogen and oxygen atoms in total. The van der Waals surface area contributed by atoms with Gasteiger partial charge in [0.1, 0.15) is 5.82 Å². The molecule has 0 N–H and O–H groups in total. The molecule has 1 fully saturated rings. The zero-order chi connectivity index (χ0) is 18.0. The van der Waals surface area contributed by atoms with Crippen LogP contribution in [0.15, 0.2) is 48.5 Å². The van der Waals surface area contributed by atoms with E-state index in [1.54, 1.807) is 4.90 Å². The molecule has 1 aliphatic rings. The van der Waals surface area contributed by atoms with Crippen LogP contribution in [-0.4, -0.2) is 47.3 Å². The standard InChI is InChI=1S/C18H18FN3O3/c1-20-9-10-21(17(12-20)13-5-3-2-4-6-13)18(23)15-8-7-14(22(24)25)11-16(15)19/h2-8,11,17H,9-10,12H2,1H3. The maximum absolute atomic E-state index is 14.3. The minimum atomic E-state index is -0.870. The van der Waals surface area contributed by atoms with Gasteiger partial charge in [0, 0.05) is 25.7 Å². The van der Waals surface area contributed by atoms with Gasteiger partial charge in [0.2, 0.25) is 0 Å². The van der Waals surface area contributed by atoms with Crippen molar-refractivity contribution in [1.82, 2.24) is 9.80 Å². The zero-order valence-corrected chi connectivity index (χ0v) is 13.8. The van der Waals surface area contributed by atoms with Crippen molar-refractivity contribution in [3.8, 4) is 0 Å². The number of nitrogens with zero attached hydrogens (tertiary/aromatic N) is 3. The maximum Gasteiger partial charge on any atom is 0.272 e. The lowest BCUT2D eigenvalue weighted by molar-refractivity contribution is -0.385. The van der Waals surface area contributed by atoms with E-state index in [2.05, 4.69) is 4.90 Å². The van der Waals surface area contributed by atoms with Crippen LogP contribution in [0.3, 0.4) is 0 Å². The highest BCUT2D eigenvalue weighted by molar-refractivity contribution is 5.95. The molecule has 25 heavy (non-hydrogen) atoms. The van der Waals surface area contributed by atoms with Gasteiger partial charge in [-0.3, -0.25) is 14.9 Å². The predicted octanol–water partition coefficient (Wildman–Crippen LogP) is 2.86. The Kier molecular flexibility index (Phi) is 4.76. The van der Waals surface area contributed by atoms with Gasteiger partial charge in [-0.1, -0.05) is 30.3 Å². The third-order valence-corrected chi connectivity index (χ3v) is 4.42. The molecule has 1 atom stereocenters. The Morgan fingerprint density at radius 1 is 1.20 bits per heavy atom. The number of non-ortho nitro benzene ring substituents is 1. The molecule has 0 saturated carbocycles. The third-order valence-electron chi connectivity index (χ3n) is 4.42. The number of halogens is 1. The summed E-state index contributed by atoms with van der Waals surface area (Å²) in [6, 6.07) is 12.5. The smallest absolute Gasteiger partial charge is 0.272 e. The normalized spacial score (nSPS) is 18.2. The van der Waals surface area contributed by atoms with Gasteiger partial charge in [0.15, 0.2) is 0 Å². The van der Waals surface area contributed by atoms with Gasteiger partial charge in [-0.2, -0.15) is 0 Å². The van der Waals surface area contributed by atoms with Gasteiger partial charge >= 0.3 is 0 Å². The molecule has 3 rings (SSSR count). The summed E-state index contributed by atoms with van der Waals surface area (Å²) in [5.41, 5.74) is 0.466. The molecule has 1 saturated heterocycles. The number of amides is 1. The molecule has 0 aliphatic carbocycles. The molecular weight excluding hydrogens is 325 g/mol. The van der Waals surface area contributed by atoms with E-state index in [0.717, 1.165) is 17.7 Å². The van der Waals surface area contributed by atoms with Crippen molar-refractivity contribution in [2.24, 2.45) is 0 Å². The van der Waals surface area contributed by atoms with Crippen LogP contribution in [0.1, 0.15) is 22.0 Å². The summed E-state index contributed by atoms with van der Waals surface area (Å²) < 4.78 is 14.3. The van der Waals surface area contributed by atoms with Crippen molar-refractivity contribution in [1.29, 1.82) is 0 Å². The molecule has 0 bridgehead atoms. The highest BCUT2D eigenvalue weighted by atomic mass is 19.1. The number of rotatable bonds is 3. The lowest BCUT2D eigenvalue weighted by Crippen LogP contribution is -2.49. The Morgan fingerprint density at radius 3 is 2.56 bits per heavy atom. The summed E-state index contributed by atoms with van der Waals surface area (Å²) >= 11 is 0. The Hall–Kier alpha value is -2.80. The van der Waals surface area contributed by atoms with E-state index in [0.29, 0.717) is 19.6 Å². The molecule has 1 heterocycles. The molecule has 2 aromatic carbocycles. The lowest BCUT2D eigenvalue weighted by atomic mass is 10.0. The second kappa shape index (κ2) is 6.98. The highest BCUT2D eigenvalue weighted by Crippen LogP contribution is 2.28. The minimum absolute atomic E-state index is 0.143. The summed E-state index contributed by atoms with van der Waals surface area (Å²) in [6.45, 7) is 1.79. The van der Waals surface area contributed by atoms with E-state index < -0.39 is 16.6 Å². The molecule has 2 aromatic rings. The van der Waals surface area contributed by atoms with Crippen molar-refractivity contribution >= 4 is 11.6 Å². The first-order valence-electron chi connectivity index (χ1n) is 7.96. The number of carbonyl (C=O) groups excluding carboxylic acids is 1. The zero-order valence-electron chi connectivity index (χ0n) is 13.8. The number of carbonyl (C=O) groups is 1. The minimum Gasteiger partial charge on any atom is -0.329 e. The largest absolute Gasteiger partial charge is 0.329 e. The van der Waals surface area contributed by atoms with E-state index in [1.165, 1.54) is 6.07 Å². The Bertz CT molecular complexity index is 797. The first kappa shape index (κ1) is 17.0. The van der Waals surface area contributed by atoms with Gasteiger partial charge < -0.3 is 9.80 Å². The number of piperazine rings is 1. The summed E-state index contributed by atoms with van der Waals surface area (Å²) in [5, 5.41) is 10.7. The topological polar surface area (TPSA) is 66.7 Å². The molecule has 130 valence electrons. The Morgan fingerprint density at radius 2 is 1.92 bits per heavy atom. The van der Waals surface area contributed by atoms with Crippen LogP contribution in [0.5, 0.6) is 0 Å². The summed E-state index contributed by atoms with van der Waals surface area (Å²) in [7, 11) is 1.98. The van der Waals surface area contributed by atoms with Crippen LogP contribution in [0.4, 0.5) is 10.1 Å². The second-order valence-electron chi connectivity index (χ2n) is 6.11. The van der Waals surface area contributed by atoms with Crippen LogP contribution in [0.2, 0.25) is 0 Å². The molecule has 1 aliphatic heterocycles. The number of nitro groups is 1. The van der Waals surface area contributed by atoms with Crippen molar-refractivity contribution in [2.75, 3.05) is 26.7 Å². The third kappa shape index (κ3) is 3.51. The van der Waals surface area contributed by atoms with Crippen LogP contribution in [-0.2, 0) is 0 Å². The van der Waals surface area contributed by atoms with E-state index in [9.17, 15) is 19.3 Å². The lowest BCUT2D eigenvalue weighted by Gasteiger charge is -2.40. The van der Waals surface area contributed by atoms with E-state index in [4.69, 9.17) is 0 Å². The average molecular weight is 343 g/mol. The number of hydrogen-bond donors (Lipinski definition) is 0. The first-order chi connectivity index (χ1) is 12.0. The van der Waals surface area contributed by atoms with Gasteiger partial charge in [-0.25, -0.2) is 4.39 Å². The molecule has 0 spiro atoms. The molecular formula is C18H18FN3O3. The van der Waals surface area contributed by atoms with Crippen LogP contribution in [0.25, 0.3) is 0 Å². The average Bonchev–Trinajstić information content (AvgIpc) is 2.61. The Labute approximate surface area is 144 Å². The molecule has 1 unspecified atom stereocenters. The van der Waals surface area contributed by atoms with Crippen LogP contribution < -0.4 is 0 Å². The Balaban J connectivity index is 1.93. The SMILES string of the molecule is CN1CCN(C(=O)c2ccc([N+](=O)[O-])cc2F)C(c2ccccc2)C1. The monoisotopic (exact) mass is 343 g/mol. The fourth-order valence-electron chi connectivity index (χ4n) is 3.07. The summed E-state index contributed by atoms with van der Waals surface area (Å²) in [5.74, 6) is -1.32. The number of benzene rings is 2. The quantitative estimate of drug-likeness (QED) is 0.635.